The fraction of sp³-hybridized carbons (Fsp3) is 0.200. The summed E-state index contributed by atoms with van der Waals surface area (Å²) in [7, 11) is 0. The van der Waals surface area contributed by atoms with E-state index in [1.165, 1.54) is 5.56 Å². The summed E-state index contributed by atoms with van der Waals surface area (Å²) in [4.78, 5) is 11.6. The lowest BCUT2D eigenvalue weighted by molar-refractivity contribution is 0.112. The number of para-hydroxylation sites is 1. The smallest absolute Gasteiger partial charge is 0.155 e. The molecule has 0 aliphatic carbocycles. The SMILES string of the molecule is CC(C)(C)c1ccc(-c2nn(-c3ccccc3)c(Cl)c2C=O)cc1. The first-order valence-electron chi connectivity index (χ1n) is 7.82. The predicted octanol–water partition coefficient (Wildman–Crippen LogP) is 5.30. The second kappa shape index (κ2) is 6.25. The highest BCUT2D eigenvalue weighted by molar-refractivity contribution is 6.32. The number of rotatable bonds is 3. The summed E-state index contributed by atoms with van der Waals surface area (Å²) in [6.07, 6.45) is 0.766. The van der Waals surface area contributed by atoms with Crippen LogP contribution in [-0.4, -0.2) is 16.1 Å². The predicted molar refractivity (Wildman–Crippen MR) is 98.1 cm³/mol. The van der Waals surface area contributed by atoms with E-state index in [1.54, 1.807) is 4.68 Å². The van der Waals surface area contributed by atoms with Crippen molar-refractivity contribution >= 4 is 17.9 Å². The molecule has 0 N–H and O–H groups in total. The molecule has 0 amide bonds. The fourth-order valence-corrected chi connectivity index (χ4v) is 2.87. The molecular formula is C20H19ClN2O. The monoisotopic (exact) mass is 338 g/mol. The van der Waals surface area contributed by atoms with E-state index in [-0.39, 0.29) is 5.41 Å². The summed E-state index contributed by atoms with van der Waals surface area (Å²) < 4.78 is 1.60. The van der Waals surface area contributed by atoms with Crippen molar-refractivity contribution in [1.82, 2.24) is 9.78 Å². The third kappa shape index (κ3) is 3.00. The van der Waals surface area contributed by atoms with Gasteiger partial charge in [0.1, 0.15) is 10.8 Å². The average Bonchev–Trinajstić information content (AvgIpc) is 2.91. The summed E-state index contributed by atoms with van der Waals surface area (Å²) >= 11 is 6.39. The standard InChI is InChI=1S/C20H19ClN2O/c1-20(2,3)15-11-9-14(10-12-15)18-17(13-24)19(21)23(22-18)16-7-5-4-6-8-16/h4-13H,1-3H3. The maximum atomic E-state index is 11.6. The summed E-state index contributed by atoms with van der Waals surface area (Å²) in [5.74, 6) is 0. The van der Waals surface area contributed by atoms with E-state index < -0.39 is 0 Å². The number of nitrogens with zero attached hydrogens (tertiary/aromatic N) is 2. The second-order valence-corrected chi connectivity index (χ2v) is 7.10. The Hall–Kier alpha value is -2.39. The minimum atomic E-state index is 0.0765. The van der Waals surface area contributed by atoms with Crippen molar-refractivity contribution in [2.24, 2.45) is 0 Å². The van der Waals surface area contributed by atoms with Crippen LogP contribution < -0.4 is 0 Å². The van der Waals surface area contributed by atoms with Crippen LogP contribution in [0.25, 0.3) is 16.9 Å². The maximum absolute atomic E-state index is 11.6. The average molecular weight is 339 g/mol. The van der Waals surface area contributed by atoms with Crippen molar-refractivity contribution < 1.29 is 4.79 Å². The minimum absolute atomic E-state index is 0.0765. The number of aromatic nitrogens is 2. The number of halogens is 1. The first-order chi connectivity index (χ1) is 11.4. The van der Waals surface area contributed by atoms with Gasteiger partial charge in [-0.2, -0.15) is 5.10 Å². The van der Waals surface area contributed by atoms with E-state index in [0.717, 1.165) is 17.5 Å². The zero-order valence-electron chi connectivity index (χ0n) is 14.0. The fourth-order valence-electron chi connectivity index (χ4n) is 2.60. The van der Waals surface area contributed by atoms with E-state index in [9.17, 15) is 4.79 Å². The number of hydrogen-bond donors (Lipinski definition) is 0. The van der Waals surface area contributed by atoms with Gasteiger partial charge in [-0.3, -0.25) is 4.79 Å². The van der Waals surface area contributed by atoms with Crippen LogP contribution in [0.5, 0.6) is 0 Å². The Kier molecular flexibility index (Phi) is 4.29. The minimum Gasteiger partial charge on any atom is -0.298 e. The molecule has 3 aromatic rings. The van der Waals surface area contributed by atoms with Gasteiger partial charge in [-0.05, 0) is 23.1 Å². The largest absolute Gasteiger partial charge is 0.298 e. The van der Waals surface area contributed by atoms with Crippen molar-refractivity contribution in [2.75, 3.05) is 0 Å². The Bertz CT molecular complexity index is 859. The lowest BCUT2D eigenvalue weighted by atomic mass is 9.86. The van der Waals surface area contributed by atoms with Crippen molar-refractivity contribution in [1.29, 1.82) is 0 Å². The quantitative estimate of drug-likeness (QED) is 0.607. The topological polar surface area (TPSA) is 34.9 Å². The molecule has 2 aromatic carbocycles. The van der Waals surface area contributed by atoms with Crippen LogP contribution in [0.2, 0.25) is 5.15 Å². The normalized spacial score (nSPS) is 11.5. The van der Waals surface area contributed by atoms with Crippen LogP contribution in [0.15, 0.2) is 54.6 Å². The van der Waals surface area contributed by atoms with Crippen LogP contribution in [-0.2, 0) is 5.41 Å². The van der Waals surface area contributed by atoms with Gasteiger partial charge in [0.15, 0.2) is 6.29 Å². The summed E-state index contributed by atoms with van der Waals surface area (Å²) in [5, 5.41) is 4.89. The lowest BCUT2D eigenvalue weighted by Gasteiger charge is -2.18. The molecule has 0 saturated carbocycles. The van der Waals surface area contributed by atoms with Gasteiger partial charge in [-0.15, -0.1) is 0 Å². The Morgan fingerprint density at radius 3 is 2.17 bits per heavy atom. The van der Waals surface area contributed by atoms with Gasteiger partial charge < -0.3 is 0 Å². The third-order valence-corrected chi connectivity index (χ3v) is 4.37. The number of aldehydes is 1. The summed E-state index contributed by atoms with van der Waals surface area (Å²) in [6.45, 7) is 6.50. The Balaban J connectivity index is 2.10. The van der Waals surface area contributed by atoms with E-state index in [1.807, 2.05) is 42.5 Å². The van der Waals surface area contributed by atoms with Gasteiger partial charge in [-0.25, -0.2) is 4.68 Å². The molecule has 3 nitrogen and oxygen atoms in total. The summed E-state index contributed by atoms with van der Waals surface area (Å²) in [5.41, 5.74) is 4.01. The van der Waals surface area contributed by atoms with E-state index >= 15 is 0 Å². The molecule has 0 unspecified atom stereocenters. The van der Waals surface area contributed by atoms with Crippen molar-refractivity contribution in [2.45, 2.75) is 26.2 Å². The van der Waals surface area contributed by atoms with Gasteiger partial charge in [0.05, 0.1) is 11.3 Å². The van der Waals surface area contributed by atoms with E-state index in [4.69, 9.17) is 11.6 Å². The molecule has 0 bridgehead atoms. The van der Waals surface area contributed by atoms with Crippen LogP contribution in [0, 0.1) is 0 Å². The van der Waals surface area contributed by atoms with E-state index in [0.29, 0.717) is 16.4 Å². The number of hydrogen-bond acceptors (Lipinski definition) is 2. The zero-order valence-corrected chi connectivity index (χ0v) is 14.7. The molecule has 0 aliphatic rings. The Morgan fingerprint density at radius 2 is 1.62 bits per heavy atom. The van der Waals surface area contributed by atoms with Crippen molar-refractivity contribution in [3.05, 3.63) is 70.9 Å². The molecule has 0 fully saturated rings. The summed E-state index contributed by atoms with van der Waals surface area (Å²) in [6, 6.07) is 17.7. The van der Waals surface area contributed by atoms with Crippen LogP contribution in [0.4, 0.5) is 0 Å². The van der Waals surface area contributed by atoms with E-state index in [2.05, 4.69) is 38.0 Å². The molecule has 4 heteroatoms. The first kappa shape index (κ1) is 16.5. The number of benzene rings is 2. The molecule has 1 aromatic heterocycles. The highest BCUT2D eigenvalue weighted by Gasteiger charge is 2.19. The molecule has 0 atom stereocenters. The number of carbonyl (C=O) groups is 1. The zero-order chi connectivity index (χ0) is 17.3. The first-order valence-corrected chi connectivity index (χ1v) is 8.19. The van der Waals surface area contributed by atoms with Gasteiger partial charge >= 0.3 is 0 Å². The molecule has 24 heavy (non-hydrogen) atoms. The lowest BCUT2D eigenvalue weighted by Crippen LogP contribution is -2.10. The Morgan fingerprint density at radius 1 is 1.00 bits per heavy atom. The molecular weight excluding hydrogens is 320 g/mol. The van der Waals surface area contributed by atoms with Crippen molar-refractivity contribution in [3.63, 3.8) is 0 Å². The maximum Gasteiger partial charge on any atom is 0.155 e. The highest BCUT2D eigenvalue weighted by atomic mass is 35.5. The molecule has 0 radical (unpaired) electrons. The molecule has 1 heterocycles. The van der Waals surface area contributed by atoms with Crippen LogP contribution >= 0.6 is 11.6 Å². The van der Waals surface area contributed by atoms with Gasteiger partial charge in [0, 0.05) is 5.56 Å². The third-order valence-electron chi connectivity index (χ3n) is 4.01. The van der Waals surface area contributed by atoms with Gasteiger partial charge in [0.25, 0.3) is 0 Å². The second-order valence-electron chi connectivity index (χ2n) is 6.75. The highest BCUT2D eigenvalue weighted by Crippen LogP contribution is 2.31. The molecule has 122 valence electrons. The number of carbonyl (C=O) groups excluding carboxylic acids is 1. The van der Waals surface area contributed by atoms with Crippen LogP contribution in [0.3, 0.4) is 0 Å². The molecule has 3 rings (SSSR count). The van der Waals surface area contributed by atoms with Gasteiger partial charge in [-0.1, -0.05) is 74.8 Å². The molecule has 0 saturated heterocycles. The molecule has 0 aliphatic heterocycles. The van der Waals surface area contributed by atoms with Crippen molar-refractivity contribution in [3.8, 4) is 16.9 Å². The Labute approximate surface area is 146 Å². The van der Waals surface area contributed by atoms with Crippen LogP contribution in [0.1, 0.15) is 36.7 Å². The van der Waals surface area contributed by atoms with Gasteiger partial charge in [0.2, 0.25) is 0 Å². The molecule has 0 spiro atoms.